The largest absolute Gasteiger partial charge is 0.486 e. The van der Waals surface area contributed by atoms with Crippen LogP contribution in [0.4, 0.5) is 4.39 Å². The van der Waals surface area contributed by atoms with E-state index in [4.69, 9.17) is 4.74 Å². The zero-order chi connectivity index (χ0) is 15.4. The predicted octanol–water partition coefficient (Wildman–Crippen LogP) is 1.49. The molecule has 0 radical (unpaired) electrons. The monoisotopic (exact) mass is 299 g/mol. The summed E-state index contributed by atoms with van der Waals surface area (Å²) < 4.78 is 19.5. The average molecular weight is 299 g/mol. The van der Waals surface area contributed by atoms with E-state index in [1.165, 1.54) is 12.7 Å². The highest BCUT2D eigenvalue weighted by Gasteiger charge is 2.27. The molecule has 1 N–H and O–H groups in total. The Balaban J connectivity index is 1.85. The molecule has 0 bridgehead atoms. The topological polar surface area (TPSA) is 83.7 Å². The van der Waals surface area contributed by atoms with Crippen LogP contribution in [-0.4, -0.2) is 40.3 Å². The summed E-state index contributed by atoms with van der Waals surface area (Å²) in [6.07, 6.45) is 1.74. The second-order valence-corrected chi connectivity index (χ2v) is 4.95. The maximum absolute atomic E-state index is 13.8. The van der Waals surface area contributed by atoms with Crippen molar-refractivity contribution in [1.82, 2.24) is 20.3 Å². The summed E-state index contributed by atoms with van der Waals surface area (Å²) in [5.74, 6) is 0.859. The molecule has 1 fully saturated rings. The van der Waals surface area contributed by atoms with Crippen molar-refractivity contribution in [3.05, 3.63) is 36.4 Å². The van der Waals surface area contributed by atoms with Crippen LogP contribution in [0.5, 0.6) is 5.75 Å². The van der Waals surface area contributed by atoms with Crippen molar-refractivity contribution in [3.63, 3.8) is 0 Å². The number of benzene rings is 1. The minimum Gasteiger partial charge on any atom is -0.486 e. The lowest BCUT2D eigenvalue weighted by Gasteiger charge is -2.27. The number of nitriles is 1. The van der Waals surface area contributed by atoms with Gasteiger partial charge in [0.05, 0.1) is 5.56 Å². The van der Waals surface area contributed by atoms with Gasteiger partial charge in [-0.05, 0) is 31.2 Å². The van der Waals surface area contributed by atoms with Gasteiger partial charge in [0.25, 0.3) is 0 Å². The molecule has 1 saturated heterocycles. The number of nitrogens with one attached hydrogen (secondary N) is 1. The Kier molecular flexibility index (Phi) is 4.21. The van der Waals surface area contributed by atoms with Crippen LogP contribution in [0.25, 0.3) is 11.4 Å². The molecule has 112 valence electrons. The van der Waals surface area contributed by atoms with E-state index in [9.17, 15) is 9.65 Å². The van der Waals surface area contributed by atoms with E-state index in [0.717, 1.165) is 0 Å². The van der Waals surface area contributed by atoms with Crippen molar-refractivity contribution >= 4 is 0 Å². The van der Waals surface area contributed by atoms with Crippen molar-refractivity contribution in [1.29, 1.82) is 5.26 Å². The van der Waals surface area contributed by atoms with Crippen molar-refractivity contribution in [2.24, 2.45) is 0 Å². The normalized spacial score (nSPS) is 21.1. The Morgan fingerprint density at radius 1 is 1.32 bits per heavy atom. The number of hydrogen-bond acceptors (Lipinski definition) is 6. The zero-order valence-electron chi connectivity index (χ0n) is 11.7. The molecule has 0 aliphatic carbocycles. The number of rotatable bonds is 3. The van der Waals surface area contributed by atoms with E-state index in [-0.39, 0.29) is 6.54 Å². The first-order chi connectivity index (χ1) is 10.8. The molecular weight excluding hydrogens is 285 g/mol. The number of halogens is 1. The van der Waals surface area contributed by atoms with E-state index >= 15 is 0 Å². The molecule has 2 aromatic rings. The third-order valence-electron chi connectivity index (χ3n) is 3.48. The predicted molar refractivity (Wildman–Crippen MR) is 76.8 cm³/mol. The highest BCUT2D eigenvalue weighted by Crippen LogP contribution is 2.26. The quantitative estimate of drug-likeness (QED) is 0.924. The van der Waals surface area contributed by atoms with Crippen molar-refractivity contribution in [2.45, 2.75) is 18.7 Å². The molecule has 0 saturated carbocycles. The van der Waals surface area contributed by atoms with E-state index in [1.54, 1.807) is 18.2 Å². The van der Waals surface area contributed by atoms with Crippen molar-refractivity contribution in [2.75, 3.05) is 13.1 Å². The lowest BCUT2D eigenvalue weighted by molar-refractivity contribution is 0.0729. The number of nitrogens with zero attached hydrogens (tertiary/aromatic N) is 4. The number of aromatic nitrogens is 3. The molecule has 2 heterocycles. The summed E-state index contributed by atoms with van der Waals surface area (Å²) in [7, 11) is 0. The van der Waals surface area contributed by atoms with Crippen LogP contribution in [0.1, 0.15) is 12.0 Å². The molecule has 0 unspecified atom stereocenters. The minimum absolute atomic E-state index is 0.273. The van der Waals surface area contributed by atoms with E-state index in [2.05, 4.69) is 26.3 Å². The van der Waals surface area contributed by atoms with Crippen molar-refractivity contribution < 1.29 is 9.13 Å². The van der Waals surface area contributed by atoms with Crippen LogP contribution in [0.3, 0.4) is 0 Å². The van der Waals surface area contributed by atoms with Crippen LogP contribution in [0, 0.1) is 11.3 Å². The number of piperidine rings is 1. The highest BCUT2D eigenvalue weighted by molar-refractivity contribution is 5.61. The van der Waals surface area contributed by atoms with Crippen LogP contribution < -0.4 is 10.1 Å². The van der Waals surface area contributed by atoms with Gasteiger partial charge in [0.15, 0.2) is 5.82 Å². The molecule has 2 atom stereocenters. The van der Waals surface area contributed by atoms with Gasteiger partial charge in [0.2, 0.25) is 0 Å². The molecule has 1 aromatic carbocycles. The van der Waals surface area contributed by atoms with E-state index < -0.39 is 12.3 Å². The summed E-state index contributed by atoms with van der Waals surface area (Å²) >= 11 is 0. The molecule has 6 nitrogen and oxygen atoms in total. The Hall–Kier alpha value is -2.59. The summed E-state index contributed by atoms with van der Waals surface area (Å²) in [4.78, 5) is 11.8. The minimum atomic E-state index is -1.08. The molecular formula is C15H14FN5O. The first-order valence-corrected chi connectivity index (χ1v) is 6.96. The van der Waals surface area contributed by atoms with Gasteiger partial charge in [-0.25, -0.2) is 19.3 Å². The Morgan fingerprint density at radius 2 is 2.14 bits per heavy atom. The lowest BCUT2D eigenvalue weighted by atomic mass is 10.1. The molecule has 1 aromatic heterocycles. The standard InChI is InChI=1S/C15H14FN5O/c16-12-7-18-4-3-14(12)22-13-2-1-10(5-11(13)6-17)15-20-8-19-9-21-15/h1-2,5,8-9,12,14,18H,3-4,7H2/t12-,14+/m1/s1. The fourth-order valence-corrected chi connectivity index (χ4v) is 2.34. The summed E-state index contributed by atoms with van der Waals surface area (Å²) in [6.45, 7) is 0.978. The Bertz CT molecular complexity index is 688. The van der Waals surface area contributed by atoms with Crippen molar-refractivity contribution in [3.8, 4) is 23.2 Å². The van der Waals surface area contributed by atoms with E-state index in [1.807, 2.05) is 0 Å². The summed E-state index contributed by atoms with van der Waals surface area (Å²) in [5.41, 5.74) is 1.03. The molecule has 3 rings (SSSR count). The van der Waals surface area contributed by atoms with E-state index in [0.29, 0.717) is 35.7 Å². The molecule has 22 heavy (non-hydrogen) atoms. The third-order valence-corrected chi connectivity index (χ3v) is 3.48. The second-order valence-electron chi connectivity index (χ2n) is 4.95. The fraction of sp³-hybridized carbons (Fsp3) is 0.333. The first-order valence-electron chi connectivity index (χ1n) is 6.96. The van der Waals surface area contributed by atoms with Gasteiger partial charge in [0, 0.05) is 12.1 Å². The highest BCUT2D eigenvalue weighted by atomic mass is 19.1. The number of hydrogen-bond donors (Lipinski definition) is 1. The van der Waals surface area contributed by atoms with Crippen LogP contribution >= 0.6 is 0 Å². The SMILES string of the molecule is N#Cc1cc(-c2ncncn2)ccc1O[C@H]1CCNC[C@H]1F. The van der Waals surface area contributed by atoms with Gasteiger partial charge in [-0.2, -0.15) is 5.26 Å². The van der Waals surface area contributed by atoms with Crippen LogP contribution in [0.2, 0.25) is 0 Å². The Labute approximate surface area is 127 Å². The van der Waals surface area contributed by atoms with Gasteiger partial charge in [-0.15, -0.1) is 0 Å². The zero-order valence-corrected chi connectivity index (χ0v) is 11.7. The van der Waals surface area contributed by atoms with Gasteiger partial charge >= 0.3 is 0 Å². The maximum atomic E-state index is 13.8. The third kappa shape index (κ3) is 3.02. The summed E-state index contributed by atoms with van der Waals surface area (Å²) in [6, 6.07) is 7.12. The molecule has 7 heteroatoms. The Morgan fingerprint density at radius 3 is 2.86 bits per heavy atom. The van der Waals surface area contributed by atoms with Gasteiger partial charge < -0.3 is 10.1 Å². The summed E-state index contributed by atoms with van der Waals surface area (Å²) in [5, 5.41) is 12.3. The molecule has 1 aliphatic heterocycles. The van der Waals surface area contributed by atoms with Gasteiger partial charge in [-0.3, -0.25) is 0 Å². The molecule has 0 spiro atoms. The molecule has 0 amide bonds. The average Bonchev–Trinajstić information content (AvgIpc) is 2.58. The second kappa shape index (κ2) is 6.45. The maximum Gasteiger partial charge on any atom is 0.162 e. The fourth-order valence-electron chi connectivity index (χ4n) is 2.34. The first kappa shape index (κ1) is 14.4. The van der Waals surface area contributed by atoms with Gasteiger partial charge in [-0.1, -0.05) is 0 Å². The smallest absolute Gasteiger partial charge is 0.162 e. The van der Waals surface area contributed by atoms with Gasteiger partial charge in [0.1, 0.15) is 36.7 Å². The van der Waals surface area contributed by atoms with Crippen LogP contribution in [-0.2, 0) is 0 Å². The number of ether oxygens (including phenoxy) is 1. The number of alkyl halides is 1. The lowest BCUT2D eigenvalue weighted by Crippen LogP contribution is -2.44. The van der Waals surface area contributed by atoms with Crippen LogP contribution in [0.15, 0.2) is 30.9 Å². The molecule has 1 aliphatic rings.